The highest BCUT2D eigenvalue weighted by atomic mass is 16.3. The number of unbranched alkanes of at least 4 members (excludes halogenated alkanes) is 6. The number of hydrogen-bond donors (Lipinski definition) is 2. The molecule has 1 unspecified atom stereocenters. The van der Waals surface area contributed by atoms with Crippen LogP contribution in [0.15, 0.2) is 12.2 Å². The maximum absolute atomic E-state index is 12.2. The van der Waals surface area contributed by atoms with Gasteiger partial charge in [0.1, 0.15) is 12.4 Å². The predicted octanol–water partition coefficient (Wildman–Crippen LogP) is 4.76. The summed E-state index contributed by atoms with van der Waals surface area (Å²) in [6, 6.07) is 0. The number of Topliss-reactive ketones (excluding diaryl/α,β-unsaturated/α-hetero) is 2. The second-order valence-corrected chi connectivity index (χ2v) is 8.09. The summed E-state index contributed by atoms with van der Waals surface area (Å²) in [5.74, 6) is 0.779. The molecule has 0 amide bonds. The summed E-state index contributed by atoms with van der Waals surface area (Å²) in [7, 11) is 0. The molecule has 0 aromatic heterocycles. The first kappa shape index (κ1) is 24.0. The third-order valence-corrected chi connectivity index (χ3v) is 5.73. The van der Waals surface area contributed by atoms with E-state index in [0.717, 1.165) is 51.4 Å². The van der Waals surface area contributed by atoms with Crippen molar-refractivity contribution >= 4 is 11.6 Å². The van der Waals surface area contributed by atoms with Crippen LogP contribution in [0.4, 0.5) is 0 Å². The molecule has 0 heterocycles. The van der Waals surface area contributed by atoms with Crippen LogP contribution in [0.5, 0.6) is 0 Å². The van der Waals surface area contributed by atoms with Gasteiger partial charge in [-0.1, -0.05) is 64.0 Å². The highest BCUT2D eigenvalue weighted by Crippen LogP contribution is 2.34. The summed E-state index contributed by atoms with van der Waals surface area (Å²) in [6.07, 6.45) is 17.2. The second kappa shape index (κ2) is 15.0. The lowest BCUT2D eigenvalue weighted by atomic mass is 9.89. The first-order chi connectivity index (χ1) is 13.1. The number of carbonyl (C=O) groups excluding carboxylic acids is 2. The molecule has 1 saturated carbocycles. The van der Waals surface area contributed by atoms with Crippen molar-refractivity contribution in [3.8, 4) is 0 Å². The standard InChI is InChI=1S/C23H40O4/c1-2-3-4-7-12-20(25)14-10-11-19-16-17-23(27)22(19)15-9-6-5-8-13-21(26)18-24/h10-11,19-20,22,24-25H,2-9,12-18H2,1H3/t19-,20?,22+/m0/s1. The summed E-state index contributed by atoms with van der Waals surface area (Å²) in [4.78, 5) is 23.2. The van der Waals surface area contributed by atoms with Crippen molar-refractivity contribution in [2.75, 3.05) is 6.61 Å². The third kappa shape index (κ3) is 10.8. The second-order valence-electron chi connectivity index (χ2n) is 8.09. The Hall–Kier alpha value is -1.00. The van der Waals surface area contributed by atoms with Crippen LogP contribution in [0.2, 0.25) is 0 Å². The van der Waals surface area contributed by atoms with Gasteiger partial charge in [0.15, 0.2) is 5.78 Å². The van der Waals surface area contributed by atoms with Gasteiger partial charge in [-0.3, -0.25) is 9.59 Å². The summed E-state index contributed by atoms with van der Waals surface area (Å²) in [5, 5.41) is 18.8. The van der Waals surface area contributed by atoms with Crippen LogP contribution in [0.3, 0.4) is 0 Å². The number of allylic oxidation sites excluding steroid dienone is 1. The molecule has 4 nitrogen and oxygen atoms in total. The molecule has 0 saturated heterocycles. The molecule has 1 fully saturated rings. The van der Waals surface area contributed by atoms with Crippen LogP contribution in [-0.4, -0.2) is 34.5 Å². The molecule has 1 rings (SSSR count). The molecule has 1 aliphatic rings. The Morgan fingerprint density at radius 2 is 1.89 bits per heavy atom. The molecule has 2 N–H and O–H groups in total. The minimum absolute atomic E-state index is 0.0845. The van der Waals surface area contributed by atoms with Crippen molar-refractivity contribution in [2.24, 2.45) is 11.8 Å². The van der Waals surface area contributed by atoms with Crippen molar-refractivity contribution in [2.45, 2.75) is 103 Å². The lowest BCUT2D eigenvalue weighted by Gasteiger charge is -2.15. The van der Waals surface area contributed by atoms with E-state index in [1.54, 1.807) is 0 Å². The van der Waals surface area contributed by atoms with Crippen LogP contribution in [-0.2, 0) is 9.59 Å². The van der Waals surface area contributed by atoms with Gasteiger partial charge in [-0.25, -0.2) is 0 Å². The molecule has 4 heteroatoms. The van der Waals surface area contributed by atoms with Gasteiger partial charge in [0.25, 0.3) is 0 Å². The van der Waals surface area contributed by atoms with E-state index in [0.29, 0.717) is 31.0 Å². The van der Waals surface area contributed by atoms with Gasteiger partial charge in [-0.15, -0.1) is 0 Å². The van der Waals surface area contributed by atoms with E-state index in [1.165, 1.54) is 19.3 Å². The SMILES string of the molecule is CCCCCCC(O)CC=C[C@H]1CCC(=O)[C@@H]1CCCCCCC(=O)CO. The van der Waals surface area contributed by atoms with Gasteiger partial charge in [0.05, 0.1) is 6.10 Å². The molecule has 156 valence electrons. The molecule has 27 heavy (non-hydrogen) atoms. The molecule has 0 aliphatic heterocycles. The van der Waals surface area contributed by atoms with Gasteiger partial charge in [0.2, 0.25) is 0 Å². The average molecular weight is 381 g/mol. The van der Waals surface area contributed by atoms with Crippen molar-refractivity contribution in [3.63, 3.8) is 0 Å². The van der Waals surface area contributed by atoms with E-state index in [9.17, 15) is 14.7 Å². The number of ketones is 2. The van der Waals surface area contributed by atoms with Gasteiger partial charge < -0.3 is 10.2 Å². The topological polar surface area (TPSA) is 74.6 Å². The third-order valence-electron chi connectivity index (χ3n) is 5.73. The number of rotatable bonds is 16. The van der Waals surface area contributed by atoms with Crippen molar-refractivity contribution in [3.05, 3.63) is 12.2 Å². The smallest absolute Gasteiger partial charge is 0.158 e. The first-order valence-electron chi connectivity index (χ1n) is 11.1. The van der Waals surface area contributed by atoms with E-state index in [1.807, 2.05) is 0 Å². The average Bonchev–Trinajstić information content (AvgIpc) is 3.01. The monoisotopic (exact) mass is 380 g/mol. The van der Waals surface area contributed by atoms with Gasteiger partial charge in [-0.2, -0.15) is 0 Å². The minimum Gasteiger partial charge on any atom is -0.393 e. The zero-order chi connectivity index (χ0) is 19.9. The van der Waals surface area contributed by atoms with E-state index < -0.39 is 0 Å². The summed E-state index contributed by atoms with van der Waals surface area (Å²) in [6.45, 7) is 1.84. The van der Waals surface area contributed by atoms with Gasteiger partial charge in [0, 0.05) is 18.8 Å². The lowest BCUT2D eigenvalue weighted by molar-refractivity contribution is -0.122. The quantitative estimate of drug-likeness (QED) is 0.299. The maximum Gasteiger partial charge on any atom is 0.158 e. The van der Waals surface area contributed by atoms with Gasteiger partial charge in [-0.05, 0) is 38.0 Å². The minimum atomic E-state index is -0.349. The molecule has 0 aromatic rings. The Bertz CT molecular complexity index is 444. The van der Waals surface area contributed by atoms with Crippen LogP contribution in [0.1, 0.15) is 96.8 Å². The van der Waals surface area contributed by atoms with E-state index in [2.05, 4.69) is 19.1 Å². The van der Waals surface area contributed by atoms with Crippen molar-refractivity contribution in [1.82, 2.24) is 0 Å². The summed E-state index contributed by atoms with van der Waals surface area (Å²) < 4.78 is 0. The van der Waals surface area contributed by atoms with Crippen molar-refractivity contribution in [1.29, 1.82) is 0 Å². The molecule has 1 aliphatic carbocycles. The fourth-order valence-corrected chi connectivity index (χ4v) is 3.99. The number of carbonyl (C=O) groups is 2. The van der Waals surface area contributed by atoms with E-state index >= 15 is 0 Å². The largest absolute Gasteiger partial charge is 0.393 e. The lowest BCUT2D eigenvalue weighted by Crippen LogP contribution is -2.13. The Morgan fingerprint density at radius 1 is 1.15 bits per heavy atom. The number of hydrogen-bond acceptors (Lipinski definition) is 4. The zero-order valence-electron chi connectivity index (χ0n) is 17.2. The maximum atomic E-state index is 12.2. The molecule has 0 aromatic carbocycles. The van der Waals surface area contributed by atoms with E-state index in [-0.39, 0.29) is 24.4 Å². The summed E-state index contributed by atoms with van der Waals surface area (Å²) in [5.41, 5.74) is 0. The van der Waals surface area contributed by atoms with Crippen LogP contribution >= 0.6 is 0 Å². The Balaban J connectivity index is 2.21. The Labute approximate surface area is 165 Å². The highest BCUT2D eigenvalue weighted by Gasteiger charge is 2.32. The Kier molecular flexibility index (Phi) is 13.3. The molecular formula is C23H40O4. The fourth-order valence-electron chi connectivity index (χ4n) is 3.99. The summed E-state index contributed by atoms with van der Waals surface area (Å²) >= 11 is 0. The highest BCUT2D eigenvalue weighted by molar-refractivity contribution is 5.83. The normalized spacial score (nSPS) is 21.2. The molecule has 3 atom stereocenters. The van der Waals surface area contributed by atoms with Crippen LogP contribution in [0.25, 0.3) is 0 Å². The fraction of sp³-hybridized carbons (Fsp3) is 0.826. The van der Waals surface area contributed by atoms with Gasteiger partial charge >= 0.3 is 0 Å². The van der Waals surface area contributed by atoms with Crippen LogP contribution in [0, 0.1) is 11.8 Å². The number of aliphatic hydroxyl groups excluding tert-OH is 2. The number of aliphatic hydroxyl groups is 2. The zero-order valence-corrected chi connectivity index (χ0v) is 17.2. The molecular weight excluding hydrogens is 340 g/mol. The Morgan fingerprint density at radius 3 is 2.63 bits per heavy atom. The predicted molar refractivity (Wildman–Crippen MR) is 110 cm³/mol. The molecule has 0 radical (unpaired) electrons. The van der Waals surface area contributed by atoms with E-state index in [4.69, 9.17) is 5.11 Å². The molecule has 0 bridgehead atoms. The first-order valence-corrected chi connectivity index (χ1v) is 11.1. The van der Waals surface area contributed by atoms with Crippen LogP contribution < -0.4 is 0 Å². The molecule has 0 spiro atoms. The van der Waals surface area contributed by atoms with Crippen molar-refractivity contribution < 1.29 is 19.8 Å².